The van der Waals surface area contributed by atoms with E-state index in [4.69, 9.17) is 4.74 Å². The monoisotopic (exact) mass is 389 g/mol. The number of carbonyl (C=O) groups is 1. The Bertz CT molecular complexity index is 1160. The summed E-state index contributed by atoms with van der Waals surface area (Å²) in [5, 5.41) is 0. The van der Waals surface area contributed by atoms with Crippen molar-refractivity contribution in [2.75, 3.05) is 19.1 Å². The van der Waals surface area contributed by atoms with E-state index in [1.807, 2.05) is 44.3 Å². The zero-order valence-corrected chi connectivity index (χ0v) is 17.0. The smallest absolute Gasteiger partial charge is 0.293 e. The summed E-state index contributed by atoms with van der Waals surface area (Å²) in [6.07, 6.45) is 5.84. The quantitative estimate of drug-likeness (QED) is 0.683. The maximum atomic E-state index is 12.5. The molecule has 6 heteroatoms. The van der Waals surface area contributed by atoms with Crippen LogP contribution in [-0.2, 0) is 11.2 Å². The van der Waals surface area contributed by atoms with Gasteiger partial charge in [0.15, 0.2) is 5.75 Å². The number of aromatic nitrogens is 2. The second-order valence-corrected chi connectivity index (χ2v) is 7.54. The molecule has 1 aliphatic rings. The number of likely N-dealkylation sites (N-methyl/N-ethyl adjacent to an activating group) is 1. The highest BCUT2D eigenvalue weighted by molar-refractivity contribution is 6.01. The van der Waals surface area contributed by atoms with E-state index in [2.05, 4.69) is 4.98 Å². The first kappa shape index (κ1) is 18.9. The van der Waals surface area contributed by atoms with E-state index < -0.39 is 0 Å². The molecule has 3 heterocycles. The minimum absolute atomic E-state index is 0.0127. The predicted molar refractivity (Wildman–Crippen MR) is 113 cm³/mol. The molecular weight excluding hydrogens is 366 g/mol. The molecule has 0 radical (unpaired) electrons. The van der Waals surface area contributed by atoms with Crippen LogP contribution in [0.25, 0.3) is 22.3 Å². The zero-order chi connectivity index (χ0) is 20.7. The third kappa shape index (κ3) is 3.31. The first-order valence-electron chi connectivity index (χ1n) is 9.54. The molecule has 4 rings (SSSR count). The lowest BCUT2D eigenvalue weighted by molar-refractivity contribution is -0.117. The number of benzene rings is 1. The molecule has 0 aliphatic carbocycles. The second kappa shape index (κ2) is 7.20. The molecule has 0 saturated heterocycles. The van der Waals surface area contributed by atoms with Crippen LogP contribution >= 0.6 is 0 Å². The van der Waals surface area contributed by atoms with Gasteiger partial charge in [-0.05, 0) is 49.2 Å². The third-order valence-corrected chi connectivity index (χ3v) is 5.35. The number of fused-ring (bicyclic) bond motifs is 1. The molecule has 29 heavy (non-hydrogen) atoms. The van der Waals surface area contributed by atoms with Crippen molar-refractivity contribution in [2.45, 2.75) is 26.3 Å². The number of anilines is 1. The van der Waals surface area contributed by atoms with Crippen molar-refractivity contribution in [1.29, 1.82) is 0 Å². The molecule has 0 saturated carbocycles. The minimum atomic E-state index is -0.150. The van der Waals surface area contributed by atoms with E-state index in [1.54, 1.807) is 35.0 Å². The van der Waals surface area contributed by atoms with Gasteiger partial charge in [0.2, 0.25) is 5.91 Å². The predicted octanol–water partition coefficient (Wildman–Crippen LogP) is 3.69. The zero-order valence-electron chi connectivity index (χ0n) is 17.0. The number of amides is 1. The SMILES string of the molecule is COc1cc(-c2cncc(-c3ccc4c(c3)CC(=O)N4C)c2)cn(C(C)C)c1=O. The standard InChI is InChI=1S/C23H23N3O3/c1-14(2)26-13-19(9-21(29-4)23(26)28)18-8-17(11-24-12-18)15-5-6-20-16(7-15)10-22(27)25(20)3/h5-9,11-14H,10H2,1-4H3. The van der Waals surface area contributed by atoms with E-state index in [-0.39, 0.29) is 17.5 Å². The molecule has 1 amide bonds. The lowest BCUT2D eigenvalue weighted by Crippen LogP contribution is -2.22. The average molecular weight is 389 g/mol. The Morgan fingerprint density at radius 1 is 1.00 bits per heavy atom. The van der Waals surface area contributed by atoms with Crippen molar-refractivity contribution in [2.24, 2.45) is 0 Å². The number of nitrogens with zero attached hydrogens (tertiary/aromatic N) is 3. The molecule has 0 spiro atoms. The number of rotatable bonds is 4. The summed E-state index contributed by atoms with van der Waals surface area (Å²) in [6.45, 7) is 3.92. The highest BCUT2D eigenvalue weighted by Gasteiger charge is 2.24. The molecule has 1 aromatic carbocycles. The summed E-state index contributed by atoms with van der Waals surface area (Å²) in [7, 11) is 3.30. The molecule has 0 bridgehead atoms. The summed E-state index contributed by atoms with van der Waals surface area (Å²) < 4.78 is 6.96. The van der Waals surface area contributed by atoms with Gasteiger partial charge in [0.05, 0.1) is 13.5 Å². The van der Waals surface area contributed by atoms with Crippen LogP contribution in [0.2, 0.25) is 0 Å². The van der Waals surface area contributed by atoms with E-state index in [1.165, 1.54) is 7.11 Å². The number of hydrogen-bond acceptors (Lipinski definition) is 4. The fourth-order valence-electron chi connectivity index (χ4n) is 3.67. The fraction of sp³-hybridized carbons (Fsp3) is 0.261. The van der Waals surface area contributed by atoms with Crippen LogP contribution in [0.3, 0.4) is 0 Å². The van der Waals surface area contributed by atoms with Crippen LogP contribution in [0, 0.1) is 0 Å². The Labute approximate surface area is 169 Å². The third-order valence-electron chi connectivity index (χ3n) is 5.35. The first-order valence-corrected chi connectivity index (χ1v) is 9.54. The highest BCUT2D eigenvalue weighted by atomic mass is 16.5. The van der Waals surface area contributed by atoms with Gasteiger partial charge in [-0.15, -0.1) is 0 Å². The molecule has 148 valence electrons. The minimum Gasteiger partial charge on any atom is -0.491 e. The van der Waals surface area contributed by atoms with Crippen LogP contribution in [0.4, 0.5) is 5.69 Å². The fourth-order valence-corrected chi connectivity index (χ4v) is 3.67. The van der Waals surface area contributed by atoms with Crippen molar-refractivity contribution >= 4 is 11.6 Å². The highest BCUT2D eigenvalue weighted by Crippen LogP contribution is 2.33. The van der Waals surface area contributed by atoms with Gasteiger partial charge < -0.3 is 14.2 Å². The van der Waals surface area contributed by atoms with Crippen LogP contribution in [0.5, 0.6) is 5.75 Å². The molecule has 3 aromatic rings. The number of pyridine rings is 2. The number of methoxy groups -OCH3 is 1. The lowest BCUT2D eigenvalue weighted by atomic mass is 10.00. The lowest BCUT2D eigenvalue weighted by Gasteiger charge is -2.15. The van der Waals surface area contributed by atoms with E-state index in [0.717, 1.165) is 33.5 Å². The van der Waals surface area contributed by atoms with Crippen molar-refractivity contribution in [3.8, 4) is 28.0 Å². The van der Waals surface area contributed by atoms with Gasteiger partial charge in [-0.3, -0.25) is 14.6 Å². The topological polar surface area (TPSA) is 64.4 Å². The van der Waals surface area contributed by atoms with Crippen molar-refractivity contribution in [3.05, 3.63) is 64.8 Å². The Morgan fingerprint density at radius 2 is 1.72 bits per heavy atom. The Kier molecular flexibility index (Phi) is 4.70. The normalized spacial score (nSPS) is 13.1. The molecule has 2 aromatic heterocycles. The van der Waals surface area contributed by atoms with E-state index in [9.17, 15) is 9.59 Å². The van der Waals surface area contributed by atoms with Gasteiger partial charge in [0.1, 0.15) is 0 Å². The summed E-state index contributed by atoms with van der Waals surface area (Å²) in [5.41, 5.74) is 5.54. The van der Waals surface area contributed by atoms with Gasteiger partial charge in [0.25, 0.3) is 5.56 Å². The summed E-state index contributed by atoms with van der Waals surface area (Å²) in [6, 6.07) is 9.83. The van der Waals surface area contributed by atoms with Gasteiger partial charge in [0, 0.05) is 54.1 Å². The van der Waals surface area contributed by atoms with Crippen molar-refractivity contribution in [1.82, 2.24) is 9.55 Å². The van der Waals surface area contributed by atoms with Crippen molar-refractivity contribution in [3.63, 3.8) is 0 Å². The van der Waals surface area contributed by atoms with Crippen LogP contribution in [0.15, 0.2) is 53.7 Å². The summed E-state index contributed by atoms with van der Waals surface area (Å²) >= 11 is 0. The number of ether oxygens (including phenoxy) is 1. The maximum absolute atomic E-state index is 12.5. The van der Waals surface area contributed by atoms with Gasteiger partial charge >= 0.3 is 0 Å². The first-order chi connectivity index (χ1) is 13.9. The van der Waals surface area contributed by atoms with Crippen molar-refractivity contribution < 1.29 is 9.53 Å². The maximum Gasteiger partial charge on any atom is 0.293 e. The molecule has 0 N–H and O–H groups in total. The Hall–Kier alpha value is -3.41. The molecule has 0 atom stereocenters. The molecule has 1 aliphatic heterocycles. The van der Waals surface area contributed by atoms with E-state index in [0.29, 0.717) is 12.2 Å². The summed E-state index contributed by atoms with van der Waals surface area (Å²) in [4.78, 5) is 30.5. The largest absolute Gasteiger partial charge is 0.491 e. The number of hydrogen-bond donors (Lipinski definition) is 0. The molecule has 0 fully saturated rings. The van der Waals surface area contributed by atoms with Gasteiger partial charge in [-0.2, -0.15) is 0 Å². The van der Waals surface area contributed by atoms with E-state index >= 15 is 0 Å². The molecular formula is C23H23N3O3. The van der Waals surface area contributed by atoms with Gasteiger partial charge in [-0.25, -0.2) is 0 Å². The average Bonchev–Trinajstić information content (AvgIpc) is 3.01. The Balaban J connectivity index is 1.78. The van der Waals surface area contributed by atoms with Crippen LogP contribution in [0.1, 0.15) is 25.5 Å². The summed E-state index contributed by atoms with van der Waals surface area (Å²) in [5.74, 6) is 0.410. The van der Waals surface area contributed by atoms with Crippen LogP contribution < -0.4 is 15.2 Å². The van der Waals surface area contributed by atoms with Gasteiger partial charge in [-0.1, -0.05) is 6.07 Å². The Morgan fingerprint density at radius 3 is 2.41 bits per heavy atom. The molecule has 0 unspecified atom stereocenters. The van der Waals surface area contributed by atoms with Crippen LogP contribution in [-0.4, -0.2) is 29.6 Å². The number of carbonyl (C=O) groups excluding carboxylic acids is 1. The second-order valence-electron chi connectivity index (χ2n) is 7.54. The molecule has 6 nitrogen and oxygen atoms in total.